The van der Waals surface area contributed by atoms with Crippen LogP contribution in [0.5, 0.6) is 0 Å². The molecule has 0 aliphatic rings. The van der Waals surface area contributed by atoms with Crippen LogP contribution in [0.3, 0.4) is 0 Å². The standard InChI is InChI=1S/C8H7Br3O2S/c1-6-4-2-3-5-7(6)14(12,13)8(9,10)11/h2-5H,1H3. The van der Waals surface area contributed by atoms with Gasteiger partial charge in [0, 0.05) is 0 Å². The Morgan fingerprint density at radius 1 is 1.14 bits per heavy atom. The van der Waals surface area contributed by atoms with E-state index in [2.05, 4.69) is 47.8 Å². The SMILES string of the molecule is Cc1ccccc1S(=O)(=O)C(Br)(Br)Br. The molecule has 1 aromatic rings. The van der Waals surface area contributed by atoms with E-state index in [1.807, 2.05) is 0 Å². The van der Waals surface area contributed by atoms with E-state index >= 15 is 0 Å². The zero-order valence-electron chi connectivity index (χ0n) is 7.17. The molecule has 0 spiro atoms. The van der Waals surface area contributed by atoms with Gasteiger partial charge in [0.2, 0.25) is 11.3 Å². The lowest BCUT2D eigenvalue weighted by atomic mass is 10.2. The van der Waals surface area contributed by atoms with Crippen molar-refractivity contribution in [1.29, 1.82) is 0 Å². The highest BCUT2D eigenvalue weighted by molar-refractivity contribution is 9.42. The van der Waals surface area contributed by atoms with Crippen LogP contribution in [0.2, 0.25) is 0 Å². The highest BCUT2D eigenvalue weighted by Crippen LogP contribution is 2.43. The summed E-state index contributed by atoms with van der Waals surface area (Å²) in [5.41, 5.74) is 0.718. The van der Waals surface area contributed by atoms with Crippen LogP contribution in [0.25, 0.3) is 0 Å². The van der Waals surface area contributed by atoms with Gasteiger partial charge in [-0.05, 0) is 66.3 Å². The number of hydrogen-bond acceptors (Lipinski definition) is 2. The first-order valence-electron chi connectivity index (χ1n) is 3.64. The molecule has 0 saturated heterocycles. The van der Waals surface area contributed by atoms with Gasteiger partial charge in [-0.1, -0.05) is 18.2 Å². The molecule has 6 heteroatoms. The first-order valence-corrected chi connectivity index (χ1v) is 7.50. The van der Waals surface area contributed by atoms with Crippen molar-refractivity contribution in [3.63, 3.8) is 0 Å². The van der Waals surface area contributed by atoms with Gasteiger partial charge in [0.05, 0.1) is 4.90 Å². The van der Waals surface area contributed by atoms with Crippen LogP contribution in [-0.4, -0.2) is 9.89 Å². The highest BCUT2D eigenvalue weighted by atomic mass is 80.0. The van der Waals surface area contributed by atoms with Crippen LogP contribution in [0, 0.1) is 6.92 Å². The van der Waals surface area contributed by atoms with Gasteiger partial charge in [0.25, 0.3) is 0 Å². The molecule has 2 nitrogen and oxygen atoms in total. The molecule has 0 unspecified atom stereocenters. The maximum atomic E-state index is 11.9. The Morgan fingerprint density at radius 2 is 1.64 bits per heavy atom. The predicted octanol–water partition coefficient (Wildman–Crippen LogP) is 3.56. The van der Waals surface area contributed by atoms with Crippen molar-refractivity contribution < 1.29 is 8.42 Å². The first kappa shape index (κ1) is 12.7. The second kappa shape index (κ2) is 4.23. The smallest absolute Gasteiger partial charge is 0.220 e. The van der Waals surface area contributed by atoms with Crippen LogP contribution in [0.1, 0.15) is 5.56 Å². The highest BCUT2D eigenvalue weighted by Gasteiger charge is 2.37. The summed E-state index contributed by atoms with van der Waals surface area (Å²) < 4.78 is 22.6. The normalized spacial score (nSPS) is 12.9. The summed E-state index contributed by atoms with van der Waals surface area (Å²) in [6.45, 7) is 1.76. The van der Waals surface area contributed by atoms with Crippen molar-refractivity contribution in [2.45, 2.75) is 13.3 Å². The molecule has 0 aromatic heterocycles. The van der Waals surface area contributed by atoms with E-state index < -0.39 is 11.3 Å². The summed E-state index contributed by atoms with van der Waals surface area (Å²) in [5.74, 6) is 0. The zero-order chi connectivity index (χ0) is 11.0. The molecule has 1 aromatic carbocycles. The van der Waals surface area contributed by atoms with Gasteiger partial charge in [-0.2, -0.15) is 0 Å². The Kier molecular flexibility index (Phi) is 3.83. The average molecular weight is 407 g/mol. The van der Waals surface area contributed by atoms with Crippen LogP contribution >= 0.6 is 47.8 Å². The van der Waals surface area contributed by atoms with E-state index in [0.29, 0.717) is 4.90 Å². The van der Waals surface area contributed by atoms with Crippen LogP contribution in [0.4, 0.5) is 0 Å². The second-order valence-electron chi connectivity index (χ2n) is 2.71. The minimum atomic E-state index is -3.46. The number of sulfone groups is 1. The molecule has 0 saturated carbocycles. The van der Waals surface area contributed by atoms with Gasteiger partial charge in [-0.25, -0.2) is 8.42 Å². The van der Waals surface area contributed by atoms with Crippen molar-refractivity contribution in [2.24, 2.45) is 0 Å². The van der Waals surface area contributed by atoms with Gasteiger partial charge in [0.15, 0.2) is 0 Å². The summed E-state index contributed by atoms with van der Waals surface area (Å²) in [6, 6.07) is 6.82. The molecule has 0 heterocycles. The van der Waals surface area contributed by atoms with E-state index in [0.717, 1.165) is 5.56 Å². The van der Waals surface area contributed by atoms with Gasteiger partial charge in [0.1, 0.15) is 0 Å². The molecule has 14 heavy (non-hydrogen) atoms. The fourth-order valence-corrected chi connectivity index (χ4v) is 3.55. The maximum absolute atomic E-state index is 11.9. The van der Waals surface area contributed by atoms with E-state index in [1.165, 1.54) is 0 Å². The van der Waals surface area contributed by atoms with Crippen LogP contribution in [-0.2, 0) is 9.84 Å². The lowest BCUT2D eigenvalue weighted by Crippen LogP contribution is -2.18. The molecular weight excluding hydrogens is 400 g/mol. The fraction of sp³-hybridized carbons (Fsp3) is 0.250. The monoisotopic (exact) mass is 404 g/mol. The van der Waals surface area contributed by atoms with Gasteiger partial charge >= 0.3 is 0 Å². The number of aryl methyl sites for hydroxylation is 1. The Morgan fingerprint density at radius 3 is 2.07 bits per heavy atom. The largest absolute Gasteiger partial charge is 0.239 e. The molecule has 0 amide bonds. The van der Waals surface area contributed by atoms with E-state index in [9.17, 15) is 8.42 Å². The fourth-order valence-electron chi connectivity index (χ4n) is 0.983. The minimum Gasteiger partial charge on any atom is -0.220 e. The molecule has 0 fully saturated rings. The molecule has 78 valence electrons. The van der Waals surface area contributed by atoms with Crippen molar-refractivity contribution in [2.75, 3.05) is 0 Å². The third kappa shape index (κ3) is 2.40. The van der Waals surface area contributed by atoms with Gasteiger partial charge in [-0.15, -0.1) is 0 Å². The summed E-state index contributed by atoms with van der Waals surface area (Å²) in [7, 11) is -3.46. The number of hydrogen-bond donors (Lipinski definition) is 0. The predicted molar refractivity (Wildman–Crippen MR) is 67.9 cm³/mol. The van der Waals surface area contributed by atoms with Crippen LogP contribution in [0.15, 0.2) is 29.2 Å². The van der Waals surface area contributed by atoms with Crippen LogP contribution < -0.4 is 0 Å². The number of alkyl halides is 3. The Hall–Kier alpha value is 0.610. The third-order valence-electron chi connectivity index (χ3n) is 1.69. The van der Waals surface area contributed by atoms with E-state index in [1.54, 1.807) is 31.2 Å². The van der Waals surface area contributed by atoms with Crippen molar-refractivity contribution >= 4 is 57.6 Å². The van der Waals surface area contributed by atoms with Crippen molar-refractivity contribution in [3.05, 3.63) is 29.8 Å². The van der Waals surface area contributed by atoms with Crippen molar-refractivity contribution in [3.8, 4) is 0 Å². The van der Waals surface area contributed by atoms with E-state index in [-0.39, 0.29) is 0 Å². The Labute approximate surface area is 108 Å². The average Bonchev–Trinajstić information content (AvgIpc) is 2.02. The van der Waals surface area contributed by atoms with Crippen molar-refractivity contribution in [1.82, 2.24) is 0 Å². The van der Waals surface area contributed by atoms with Gasteiger partial charge < -0.3 is 0 Å². The summed E-state index contributed by atoms with van der Waals surface area (Å²) >= 11 is 9.05. The summed E-state index contributed by atoms with van der Waals surface area (Å²) in [6.07, 6.45) is 0. The number of halogens is 3. The van der Waals surface area contributed by atoms with E-state index in [4.69, 9.17) is 0 Å². The topological polar surface area (TPSA) is 34.1 Å². The number of benzene rings is 1. The quantitative estimate of drug-likeness (QED) is 0.668. The Balaban J connectivity index is 3.40. The number of rotatable bonds is 1. The molecule has 1 rings (SSSR count). The molecule has 0 N–H and O–H groups in total. The lowest BCUT2D eigenvalue weighted by Gasteiger charge is -2.14. The molecule has 0 atom stereocenters. The first-order chi connectivity index (χ1) is 6.27. The Bertz CT molecular complexity index is 434. The molecule has 0 aliphatic heterocycles. The molecule has 0 radical (unpaired) electrons. The zero-order valence-corrected chi connectivity index (χ0v) is 12.7. The minimum absolute atomic E-state index is 0.297. The summed E-state index contributed by atoms with van der Waals surface area (Å²) in [5, 5.41) is 0. The third-order valence-corrected chi connectivity index (χ3v) is 7.17. The maximum Gasteiger partial charge on any atom is 0.239 e. The lowest BCUT2D eigenvalue weighted by molar-refractivity contribution is 0.598. The summed E-state index contributed by atoms with van der Waals surface area (Å²) in [4.78, 5) is 0.297. The molecular formula is C8H7Br3O2S. The molecule has 0 bridgehead atoms. The van der Waals surface area contributed by atoms with Gasteiger partial charge in [-0.3, -0.25) is 0 Å². The second-order valence-corrected chi connectivity index (χ2v) is 13.1. The molecule has 0 aliphatic carbocycles.